The molecule has 1 aliphatic rings. The van der Waals surface area contributed by atoms with E-state index in [0.717, 1.165) is 37.5 Å². The highest BCUT2D eigenvalue weighted by atomic mass is 19.4. The molecule has 4 rings (SSSR count). The van der Waals surface area contributed by atoms with Gasteiger partial charge in [-0.2, -0.15) is 8.78 Å². The SMILES string of the molecule is CCCC1CCC(c2cc(N)c(C(F)(F)Oc3ccc(-c4cc(F)c(OC(F)(F)F)c(F)c4)c(F)c3)c(F)c2)OC1. The number of alkyl halides is 5. The zero-order valence-corrected chi connectivity index (χ0v) is 21.4. The zero-order valence-electron chi connectivity index (χ0n) is 21.4. The van der Waals surface area contributed by atoms with Crippen molar-refractivity contribution in [3.05, 3.63) is 76.9 Å². The molecule has 1 aliphatic heterocycles. The van der Waals surface area contributed by atoms with E-state index >= 15 is 8.78 Å². The fourth-order valence-electron chi connectivity index (χ4n) is 4.77. The number of anilines is 1. The first-order valence-electron chi connectivity index (χ1n) is 12.5. The molecule has 2 atom stereocenters. The number of nitrogens with two attached hydrogens (primary N) is 1. The van der Waals surface area contributed by atoms with Gasteiger partial charge in [0.2, 0.25) is 5.75 Å². The van der Waals surface area contributed by atoms with Gasteiger partial charge in [0, 0.05) is 17.3 Å². The third kappa shape index (κ3) is 7.00. The summed E-state index contributed by atoms with van der Waals surface area (Å²) in [4.78, 5) is 0. The maximum atomic E-state index is 15.0. The van der Waals surface area contributed by atoms with Crippen LogP contribution in [0.2, 0.25) is 0 Å². The molecule has 0 saturated carbocycles. The van der Waals surface area contributed by atoms with Gasteiger partial charge < -0.3 is 19.9 Å². The molecule has 1 fully saturated rings. The van der Waals surface area contributed by atoms with E-state index in [1.165, 1.54) is 6.07 Å². The molecule has 0 aliphatic carbocycles. The highest BCUT2D eigenvalue weighted by molar-refractivity contribution is 5.66. The maximum absolute atomic E-state index is 15.0. The van der Waals surface area contributed by atoms with E-state index in [9.17, 15) is 30.7 Å². The summed E-state index contributed by atoms with van der Waals surface area (Å²) in [5.41, 5.74) is 3.05. The molecule has 0 bridgehead atoms. The topological polar surface area (TPSA) is 53.7 Å². The molecular weight excluding hydrogens is 569 g/mol. The summed E-state index contributed by atoms with van der Waals surface area (Å²) in [5.74, 6) is -8.43. The van der Waals surface area contributed by atoms with Crippen LogP contribution in [0.5, 0.6) is 11.5 Å². The summed E-state index contributed by atoms with van der Waals surface area (Å²) in [5, 5.41) is 0. The van der Waals surface area contributed by atoms with Crippen molar-refractivity contribution in [1.29, 1.82) is 0 Å². The van der Waals surface area contributed by atoms with Crippen molar-refractivity contribution < 1.29 is 53.7 Å². The van der Waals surface area contributed by atoms with Gasteiger partial charge in [-0.15, -0.1) is 13.2 Å². The predicted molar refractivity (Wildman–Crippen MR) is 130 cm³/mol. The van der Waals surface area contributed by atoms with Gasteiger partial charge in [0.1, 0.15) is 22.9 Å². The van der Waals surface area contributed by atoms with Crippen molar-refractivity contribution in [1.82, 2.24) is 0 Å². The Hall–Kier alpha value is -3.61. The summed E-state index contributed by atoms with van der Waals surface area (Å²) in [6.07, 6.45) is -6.92. The van der Waals surface area contributed by atoms with Crippen molar-refractivity contribution in [2.24, 2.45) is 5.92 Å². The van der Waals surface area contributed by atoms with E-state index in [4.69, 9.17) is 10.5 Å². The van der Waals surface area contributed by atoms with E-state index in [-0.39, 0.29) is 5.56 Å². The molecule has 0 amide bonds. The molecule has 2 unspecified atom stereocenters. The second-order valence-electron chi connectivity index (χ2n) is 9.60. The molecule has 222 valence electrons. The van der Waals surface area contributed by atoms with Crippen LogP contribution in [-0.4, -0.2) is 13.0 Å². The van der Waals surface area contributed by atoms with Gasteiger partial charge in [-0.3, -0.25) is 0 Å². The van der Waals surface area contributed by atoms with E-state index in [0.29, 0.717) is 37.1 Å². The molecule has 4 nitrogen and oxygen atoms in total. The minimum absolute atomic E-state index is 0.288. The molecule has 3 aromatic rings. The lowest BCUT2D eigenvalue weighted by Crippen LogP contribution is -2.26. The van der Waals surface area contributed by atoms with Crippen LogP contribution < -0.4 is 15.2 Å². The van der Waals surface area contributed by atoms with Crippen LogP contribution in [0, 0.1) is 29.2 Å². The number of hydrogen-bond donors (Lipinski definition) is 1. The van der Waals surface area contributed by atoms with Crippen molar-refractivity contribution in [3.8, 4) is 22.6 Å². The molecule has 41 heavy (non-hydrogen) atoms. The Balaban J connectivity index is 1.53. The lowest BCUT2D eigenvalue weighted by molar-refractivity contribution is -0.276. The van der Waals surface area contributed by atoms with Crippen molar-refractivity contribution >= 4 is 5.69 Å². The van der Waals surface area contributed by atoms with Crippen LogP contribution in [0.15, 0.2) is 42.5 Å². The standard InChI is InChI=1S/C28H24F9NO3/c1-2-3-14-4-7-24(39-13-14)16-10-20(30)25(23(38)11-16)27(33,34)40-17-5-6-18(19(29)12-17)15-8-21(31)26(22(32)9-15)41-28(35,36)37/h5-6,8-12,14,24H,2-4,7,13,38H2,1H3. The van der Waals surface area contributed by atoms with Gasteiger partial charge in [-0.1, -0.05) is 13.3 Å². The minimum atomic E-state index is -5.39. The molecule has 1 saturated heterocycles. The van der Waals surface area contributed by atoms with Gasteiger partial charge in [-0.25, -0.2) is 17.6 Å². The summed E-state index contributed by atoms with van der Waals surface area (Å²) in [7, 11) is 0. The highest BCUT2D eigenvalue weighted by Crippen LogP contribution is 2.41. The molecule has 1 heterocycles. The van der Waals surface area contributed by atoms with Gasteiger partial charge in [0.15, 0.2) is 11.6 Å². The van der Waals surface area contributed by atoms with E-state index in [1.54, 1.807) is 0 Å². The Labute approximate surface area is 228 Å². The molecule has 0 radical (unpaired) electrons. The third-order valence-electron chi connectivity index (χ3n) is 6.59. The van der Waals surface area contributed by atoms with Crippen LogP contribution in [0.4, 0.5) is 45.2 Å². The smallest absolute Gasteiger partial charge is 0.429 e. The fourth-order valence-corrected chi connectivity index (χ4v) is 4.77. The molecule has 3 aromatic carbocycles. The van der Waals surface area contributed by atoms with Crippen molar-refractivity contribution in [2.45, 2.75) is 51.2 Å². The number of halogens is 9. The van der Waals surface area contributed by atoms with Crippen LogP contribution in [-0.2, 0) is 10.8 Å². The van der Waals surface area contributed by atoms with E-state index in [1.807, 2.05) is 6.92 Å². The maximum Gasteiger partial charge on any atom is 0.573 e. The first-order chi connectivity index (χ1) is 19.2. The molecular formula is C28H24F9NO3. The summed E-state index contributed by atoms with van der Waals surface area (Å²) >= 11 is 0. The number of benzene rings is 3. The number of rotatable bonds is 8. The monoisotopic (exact) mass is 593 g/mol. The number of nitrogen functional groups attached to an aromatic ring is 1. The minimum Gasteiger partial charge on any atom is -0.429 e. The normalized spacial score (nSPS) is 17.9. The third-order valence-corrected chi connectivity index (χ3v) is 6.59. The second kappa shape index (κ2) is 11.7. The van der Waals surface area contributed by atoms with Crippen molar-refractivity contribution in [3.63, 3.8) is 0 Å². The Morgan fingerprint density at radius 3 is 2.07 bits per heavy atom. The quantitative estimate of drug-likeness (QED) is 0.210. The zero-order chi connectivity index (χ0) is 30.1. The lowest BCUT2D eigenvalue weighted by Gasteiger charge is -2.30. The van der Waals surface area contributed by atoms with E-state index in [2.05, 4.69) is 9.47 Å². The largest absolute Gasteiger partial charge is 0.573 e. The van der Waals surface area contributed by atoms with Gasteiger partial charge in [0.25, 0.3) is 0 Å². The Morgan fingerprint density at radius 2 is 1.54 bits per heavy atom. The summed E-state index contributed by atoms with van der Waals surface area (Å²) < 4.78 is 138. The summed E-state index contributed by atoms with van der Waals surface area (Å²) in [6, 6.07) is 4.82. The molecule has 13 heteroatoms. The van der Waals surface area contributed by atoms with E-state index < -0.39 is 75.7 Å². The Kier molecular flexibility index (Phi) is 8.67. The van der Waals surface area contributed by atoms with Gasteiger partial charge >= 0.3 is 12.5 Å². The van der Waals surface area contributed by atoms with Crippen LogP contribution in [0.1, 0.15) is 49.8 Å². The lowest BCUT2D eigenvalue weighted by atomic mass is 9.91. The highest BCUT2D eigenvalue weighted by Gasteiger charge is 2.41. The molecule has 2 N–H and O–H groups in total. The van der Waals surface area contributed by atoms with Gasteiger partial charge in [0.05, 0.1) is 12.7 Å². The predicted octanol–water partition coefficient (Wildman–Crippen LogP) is 8.79. The second-order valence-corrected chi connectivity index (χ2v) is 9.60. The first kappa shape index (κ1) is 30.4. The first-order valence-corrected chi connectivity index (χ1v) is 12.5. The average Bonchev–Trinajstić information content (AvgIpc) is 2.85. The van der Waals surface area contributed by atoms with Crippen LogP contribution in [0.25, 0.3) is 11.1 Å². The number of ether oxygens (including phenoxy) is 3. The number of hydrogen-bond acceptors (Lipinski definition) is 4. The van der Waals surface area contributed by atoms with Gasteiger partial charge in [-0.05, 0) is 72.7 Å². The fraction of sp³-hybridized carbons (Fsp3) is 0.357. The van der Waals surface area contributed by atoms with Crippen LogP contribution >= 0.6 is 0 Å². The Bertz CT molecular complexity index is 1360. The Morgan fingerprint density at radius 1 is 0.854 bits per heavy atom. The molecule has 0 aromatic heterocycles. The summed E-state index contributed by atoms with van der Waals surface area (Å²) in [6.45, 7) is 2.50. The van der Waals surface area contributed by atoms with Crippen molar-refractivity contribution in [2.75, 3.05) is 12.3 Å². The van der Waals surface area contributed by atoms with Crippen LogP contribution in [0.3, 0.4) is 0 Å². The average molecular weight is 593 g/mol. The molecule has 0 spiro atoms.